The summed E-state index contributed by atoms with van der Waals surface area (Å²) in [6.07, 6.45) is 0. The molecular weight excluding hydrogens is 312 g/mol. The van der Waals surface area contributed by atoms with Crippen LogP contribution in [0.25, 0.3) is 0 Å². The van der Waals surface area contributed by atoms with Gasteiger partial charge in [0.25, 0.3) is 0 Å². The molecule has 0 amide bonds. The maximum absolute atomic E-state index is 5.86. The van der Waals surface area contributed by atoms with Gasteiger partial charge in [-0.2, -0.15) is 0 Å². The Morgan fingerprint density at radius 2 is 1.84 bits per heavy atom. The summed E-state index contributed by atoms with van der Waals surface area (Å²) >= 11 is 0. The Labute approximate surface area is 148 Å². The molecule has 0 bridgehead atoms. The normalized spacial score (nSPS) is 12.1. The second kappa shape index (κ2) is 7.99. The van der Waals surface area contributed by atoms with Crippen molar-refractivity contribution in [2.24, 2.45) is 0 Å². The molecule has 1 atom stereocenters. The lowest BCUT2D eigenvalue weighted by atomic mass is 10.1. The van der Waals surface area contributed by atoms with E-state index >= 15 is 0 Å². The molecule has 3 rings (SSSR count). The van der Waals surface area contributed by atoms with Gasteiger partial charge >= 0.3 is 0 Å². The van der Waals surface area contributed by atoms with E-state index in [2.05, 4.69) is 60.7 Å². The maximum Gasteiger partial charge on any atom is 0.133 e. The van der Waals surface area contributed by atoms with Crippen LogP contribution in [-0.4, -0.2) is 5.16 Å². The van der Waals surface area contributed by atoms with E-state index in [1.165, 1.54) is 16.7 Å². The minimum absolute atomic E-state index is 0.148. The van der Waals surface area contributed by atoms with Gasteiger partial charge < -0.3 is 14.6 Å². The molecule has 1 heterocycles. The van der Waals surface area contributed by atoms with E-state index in [4.69, 9.17) is 9.26 Å². The summed E-state index contributed by atoms with van der Waals surface area (Å²) in [6, 6.07) is 18.7. The molecule has 4 nitrogen and oxygen atoms in total. The lowest BCUT2D eigenvalue weighted by Crippen LogP contribution is -2.18. The molecule has 130 valence electrons. The molecule has 0 aliphatic heterocycles. The number of rotatable bonds is 7. The number of ether oxygens (including phenoxy) is 1. The van der Waals surface area contributed by atoms with Crippen molar-refractivity contribution in [2.45, 2.75) is 40.0 Å². The van der Waals surface area contributed by atoms with Crippen LogP contribution in [0.4, 0.5) is 0 Å². The van der Waals surface area contributed by atoms with Gasteiger partial charge in [-0.3, -0.25) is 0 Å². The quantitative estimate of drug-likeness (QED) is 0.678. The summed E-state index contributed by atoms with van der Waals surface area (Å²) in [5.41, 5.74) is 4.56. The fourth-order valence-electron chi connectivity index (χ4n) is 2.64. The zero-order valence-electron chi connectivity index (χ0n) is 15.0. The van der Waals surface area contributed by atoms with Crippen molar-refractivity contribution >= 4 is 0 Å². The van der Waals surface area contributed by atoms with Crippen molar-refractivity contribution in [1.29, 1.82) is 0 Å². The predicted octanol–water partition coefficient (Wildman–Crippen LogP) is 4.72. The first-order valence-electron chi connectivity index (χ1n) is 8.54. The average molecular weight is 336 g/mol. The summed E-state index contributed by atoms with van der Waals surface area (Å²) < 4.78 is 11.0. The summed E-state index contributed by atoms with van der Waals surface area (Å²) in [7, 11) is 0. The SMILES string of the molecule is Cc1cccc(COc2ccc(CNC(C)c3cc(C)on3)cc2)c1. The number of aromatic nitrogens is 1. The third-order valence-corrected chi connectivity index (χ3v) is 4.11. The average Bonchev–Trinajstić information content (AvgIpc) is 3.05. The summed E-state index contributed by atoms with van der Waals surface area (Å²) in [5, 5.41) is 7.49. The predicted molar refractivity (Wildman–Crippen MR) is 98.4 cm³/mol. The second-order valence-electron chi connectivity index (χ2n) is 6.39. The first kappa shape index (κ1) is 17.2. The molecule has 4 heteroatoms. The molecule has 25 heavy (non-hydrogen) atoms. The van der Waals surface area contributed by atoms with E-state index in [0.29, 0.717) is 6.61 Å². The molecule has 1 N–H and O–H groups in total. The van der Waals surface area contributed by atoms with E-state index in [9.17, 15) is 0 Å². The van der Waals surface area contributed by atoms with E-state index in [1.807, 2.05) is 25.1 Å². The molecule has 3 aromatic rings. The number of nitrogens with one attached hydrogen (secondary N) is 1. The van der Waals surface area contributed by atoms with Crippen LogP contribution < -0.4 is 10.1 Å². The smallest absolute Gasteiger partial charge is 0.133 e. The van der Waals surface area contributed by atoms with Crippen LogP contribution in [0.15, 0.2) is 59.1 Å². The Balaban J connectivity index is 1.50. The van der Waals surface area contributed by atoms with Crippen LogP contribution in [0, 0.1) is 13.8 Å². The van der Waals surface area contributed by atoms with Crippen LogP contribution >= 0.6 is 0 Å². The molecule has 0 radical (unpaired) electrons. The zero-order valence-corrected chi connectivity index (χ0v) is 15.0. The molecular formula is C21H24N2O2. The van der Waals surface area contributed by atoms with Gasteiger partial charge in [-0.1, -0.05) is 47.1 Å². The third-order valence-electron chi connectivity index (χ3n) is 4.11. The first-order valence-corrected chi connectivity index (χ1v) is 8.54. The topological polar surface area (TPSA) is 47.3 Å². The fourth-order valence-corrected chi connectivity index (χ4v) is 2.64. The Hall–Kier alpha value is -2.59. The second-order valence-corrected chi connectivity index (χ2v) is 6.39. The number of nitrogens with zero attached hydrogens (tertiary/aromatic N) is 1. The summed E-state index contributed by atoms with van der Waals surface area (Å²) in [6.45, 7) is 7.43. The Morgan fingerprint density at radius 1 is 1.04 bits per heavy atom. The van der Waals surface area contributed by atoms with Gasteiger partial charge in [0.15, 0.2) is 0 Å². The Morgan fingerprint density at radius 3 is 2.52 bits per heavy atom. The Kier molecular flexibility index (Phi) is 5.51. The molecule has 1 aromatic heterocycles. The standard InChI is InChI=1S/C21H24N2O2/c1-15-5-4-6-19(11-15)14-24-20-9-7-18(8-10-20)13-22-17(3)21-12-16(2)25-23-21/h4-12,17,22H,13-14H2,1-3H3. The van der Waals surface area contributed by atoms with Crippen molar-refractivity contribution in [3.8, 4) is 5.75 Å². The third kappa shape index (κ3) is 4.94. The molecule has 1 unspecified atom stereocenters. The van der Waals surface area contributed by atoms with Gasteiger partial charge in [-0.05, 0) is 44.0 Å². The van der Waals surface area contributed by atoms with E-state index in [1.54, 1.807) is 0 Å². The van der Waals surface area contributed by atoms with Gasteiger partial charge in [-0.25, -0.2) is 0 Å². The van der Waals surface area contributed by atoms with Crippen LogP contribution in [-0.2, 0) is 13.2 Å². The number of aryl methyl sites for hydroxylation is 2. The van der Waals surface area contributed by atoms with Gasteiger partial charge in [0.2, 0.25) is 0 Å². The van der Waals surface area contributed by atoms with Crippen molar-refractivity contribution in [1.82, 2.24) is 10.5 Å². The number of benzene rings is 2. The largest absolute Gasteiger partial charge is 0.489 e. The highest BCUT2D eigenvalue weighted by Crippen LogP contribution is 2.16. The summed E-state index contributed by atoms with van der Waals surface area (Å²) in [4.78, 5) is 0. The highest BCUT2D eigenvalue weighted by Gasteiger charge is 2.09. The molecule has 0 fully saturated rings. The maximum atomic E-state index is 5.86. The number of hydrogen-bond acceptors (Lipinski definition) is 4. The minimum Gasteiger partial charge on any atom is -0.489 e. The molecule has 0 aliphatic rings. The van der Waals surface area contributed by atoms with Crippen LogP contribution in [0.1, 0.15) is 41.1 Å². The van der Waals surface area contributed by atoms with Gasteiger partial charge in [0, 0.05) is 12.6 Å². The van der Waals surface area contributed by atoms with E-state index < -0.39 is 0 Å². The molecule has 0 aliphatic carbocycles. The van der Waals surface area contributed by atoms with Crippen molar-refractivity contribution in [2.75, 3.05) is 0 Å². The van der Waals surface area contributed by atoms with Gasteiger partial charge in [0.05, 0.1) is 6.04 Å². The lowest BCUT2D eigenvalue weighted by molar-refractivity contribution is 0.306. The van der Waals surface area contributed by atoms with Crippen molar-refractivity contribution < 1.29 is 9.26 Å². The van der Waals surface area contributed by atoms with E-state index in [-0.39, 0.29) is 6.04 Å². The first-order chi connectivity index (χ1) is 12.1. The Bertz CT molecular complexity index is 809. The molecule has 0 saturated carbocycles. The monoisotopic (exact) mass is 336 g/mol. The summed E-state index contributed by atoms with van der Waals surface area (Å²) in [5.74, 6) is 1.71. The lowest BCUT2D eigenvalue weighted by Gasteiger charge is -2.11. The zero-order chi connectivity index (χ0) is 17.6. The molecule has 0 spiro atoms. The number of hydrogen-bond donors (Lipinski definition) is 1. The van der Waals surface area contributed by atoms with Crippen LogP contribution in [0.2, 0.25) is 0 Å². The molecule has 2 aromatic carbocycles. The highest BCUT2D eigenvalue weighted by atomic mass is 16.5. The van der Waals surface area contributed by atoms with Gasteiger partial charge in [0.1, 0.15) is 23.8 Å². The van der Waals surface area contributed by atoms with E-state index in [0.717, 1.165) is 23.7 Å². The molecule has 0 saturated heterocycles. The van der Waals surface area contributed by atoms with Gasteiger partial charge in [-0.15, -0.1) is 0 Å². The fraction of sp³-hybridized carbons (Fsp3) is 0.286. The van der Waals surface area contributed by atoms with Crippen LogP contribution in [0.5, 0.6) is 5.75 Å². The van der Waals surface area contributed by atoms with Crippen LogP contribution in [0.3, 0.4) is 0 Å². The highest BCUT2D eigenvalue weighted by molar-refractivity contribution is 5.28. The minimum atomic E-state index is 0.148. The van der Waals surface area contributed by atoms with Crippen molar-refractivity contribution in [3.05, 3.63) is 82.7 Å². The van der Waals surface area contributed by atoms with Crippen molar-refractivity contribution in [3.63, 3.8) is 0 Å².